The van der Waals surface area contributed by atoms with Gasteiger partial charge in [-0.2, -0.15) is 0 Å². The highest BCUT2D eigenvalue weighted by molar-refractivity contribution is 9.10. The SMILES string of the molecule is COC(=O)c1cc(CC(C)O)c(NC=O)c(F)c1Nc1ccc(Br)cc1F. The number of aliphatic hydroxyl groups is 1. The number of esters is 1. The number of ether oxygens (including phenoxy) is 1. The molecule has 2 aromatic carbocycles. The first-order valence-corrected chi connectivity index (χ1v) is 8.61. The molecule has 0 aliphatic carbocycles. The third-order valence-corrected chi connectivity index (χ3v) is 4.16. The van der Waals surface area contributed by atoms with Gasteiger partial charge in [0.05, 0.1) is 35.8 Å². The number of hydrogen-bond acceptors (Lipinski definition) is 5. The van der Waals surface area contributed by atoms with Gasteiger partial charge in [-0.05, 0) is 36.8 Å². The van der Waals surface area contributed by atoms with Crippen LogP contribution in [0.4, 0.5) is 25.8 Å². The summed E-state index contributed by atoms with van der Waals surface area (Å²) in [5.41, 5.74) is -0.677. The molecule has 1 atom stereocenters. The summed E-state index contributed by atoms with van der Waals surface area (Å²) in [6.07, 6.45) is -0.611. The number of anilines is 3. The number of methoxy groups -OCH3 is 1. The normalized spacial score (nSPS) is 11.6. The van der Waals surface area contributed by atoms with E-state index in [0.29, 0.717) is 4.47 Å². The van der Waals surface area contributed by atoms with E-state index >= 15 is 4.39 Å². The van der Waals surface area contributed by atoms with E-state index in [9.17, 15) is 19.1 Å². The number of nitrogens with one attached hydrogen (secondary N) is 2. The Morgan fingerprint density at radius 1 is 1.33 bits per heavy atom. The Morgan fingerprint density at radius 2 is 2.04 bits per heavy atom. The predicted octanol–water partition coefficient (Wildman–Crippen LogP) is 3.75. The van der Waals surface area contributed by atoms with Crippen molar-refractivity contribution in [2.75, 3.05) is 17.7 Å². The molecule has 0 spiro atoms. The van der Waals surface area contributed by atoms with E-state index in [1.165, 1.54) is 31.2 Å². The van der Waals surface area contributed by atoms with E-state index in [1.807, 2.05) is 0 Å². The van der Waals surface area contributed by atoms with Crippen molar-refractivity contribution in [3.8, 4) is 0 Å². The molecule has 0 aromatic heterocycles. The Kier molecular flexibility index (Phi) is 6.86. The zero-order valence-electron chi connectivity index (χ0n) is 14.5. The van der Waals surface area contributed by atoms with Crippen LogP contribution in [0.1, 0.15) is 22.8 Å². The molecule has 0 radical (unpaired) electrons. The van der Waals surface area contributed by atoms with Crippen LogP contribution in [0.3, 0.4) is 0 Å². The zero-order chi connectivity index (χ0) is 20.1. The fourth-order valence-corrected chi connectivity index (χ4v) is 2.85. The summed E-state index contributed by atoms with van der Waals surface area (Å²) in [6.45, 7) is 1.48. The Morgan fingerprint density at radius 3 is 2.59 bits per heavy atom. The van der Waals surface area contributed by atoms with Gasteiger partial charge in [-0.1, -0.05) is 15.9 Å². The summed E-state index contributed by atoms with van der Waals surface area (Å²) >= 11 is 3.12. The molecule has 6 nitrogen and oxygen atoms in total. The maximum atomic E-state index is 15.1. The second-order valence-electron chi connectivity index (χ2n) is 5.70. The molecule has 1 amide bonds. The van der Waals surface area contributed by atoms with Gasteiger partial charge in [-0.25, -0.2) is 13.6 Å². The number of hydrogen-bond donors (Lipinski definition) is 3. The minimum absolute atomic E-state index is 0.0238. The topological polar surface area (TPSA) is 87.7 Å². The third-order valence-electron chi connectivity index (χ3n) is 3.66. The van der Waals surface area contributed by atoms with Crippen LogP contribution in [0.2, 0.25) is 0 Å². The maximum absolute atomic E-state index is 15.1. The first-order valence-electron chi connectivity index (χ1n) is 7.82. The lowest BCUT2D eigenvalue weighted by molar-refractivity contribution is -0.105. The van der Waals surface area contributed by atoms with Crippen molar-refractivity contribution >= 4 is 45.4 Å². The van der Waals surface area contributed by atoms with Crippen LogP contribution in [0.25, 0.3) is 0 Å². The molecule has 0 fully saturated rings. The molecule has 0 aliphatic heterocycles. The Bertz CT molecular complexity index is 875. The fourth-order valence-electron chi connectivity index (χ4n) is 2.52. The summed E-state index contributed by atoms with van der Waals surface area (Å²) < 4.78 is 34.4. The molecule has 0 bridgehead atoms. The lowest BCUT2D eigenvalue weighted by atomic mass is 10.00. The lowest BCUT2D eigenvalue weighted by Crippen LogP contribution is -2.15. The molecule has 0 saturated carbocycles. The van der Waals surface area contributed by atoms with Crippen LogP contribution in [0.5, 0.6) is 0 Å². The van der Waals surface area contributed by atoms with Gasteiger partial charge in [-0.3, -0.25) is 4.79 Å². The zero-order valence-corrected chi connectivity index (χ0v) is 16.1. The number of carbonyl (C=O) groups excluding carboxylic acids is 2. The standard InChI is InChI=1S/C18H17BrF2N2O4/c1-9(25)5-10-6-12(18(26)27-2)17(15(21)16(10)22-8-24)23-14-4-3-11(19)7-13(14)20/h3-4,6-9,23,25H,5H2,1-2H3,(H,22,24). The van der Waals surface area contributed by atoms with Crippen LogP contribution < -0.4 is 10.6 Å². The molecule has 0 heterocycles. The van der Waals surface area contributed by atoms with Crippen molar-refractivity contribution in [3.05, 3.63) is 51.5 Å². The monoisotopic (exact) mass is 442 g/mol. The van der Waals surface area contributed by atoms with Crippen LogP contribution in [0.15, 0.2) is 28.7 Å². The van der Waals surface area contributed by atoms with Crippen molar-refractivity contribution in [2.24, 2.45) is 0 Å². The number of aliphatic hydroxyl groups excluding tert-OH is 1. The molecule has 27 heavy (non-hydrogen) atoms. The summed E-state index contributed by atoms with van der Waals surface area (Å²) in [6, 6.07) is 5.35. The van der Waals surface area contributed by atoms with Crippen molar-refractivity contribution in [1.82, 2.24) is 0 Å². The number of carbonyl (C=O) groups is 2. The van der Waals surface area contributed by atoms with Gasteiger partial charge in [0.2, 0.25) is 6.41 Å². The van der Waals surface area contributed by atoms with Gasteiger partial charge >= 0.3 is 5.97 Å². The largest absolute Gasteiger partial charge is 0.465 e. The highest BCUT2D eigenvalue weighted by Gasteiger charge is 2.24. The molecular formula is C18H17BrF2N2O4. The highest BCUT2D eigenvalue weighted by Crippen LogP contribution is 2.35. The average molecular weight is 443 g/mol. The first kappa shape index (κ1) is 20.8. The summed E-state index contributed by atoms with van der Waals surface area (Å²) in [5.74, 6) is -2.53. The van der Waals surface area contributed by atoms with E-state index in [0.717, 1.165) is 7.11 Å². The fraction of sp³-hybridized carbons (Fsp3) is 0.222. The number of rotatable bonds is 7. The number of amides is 1. The maximum Gasteiger partial charge on any atom is 0.340 e. The van der Waals surface area contributed by atoms with E-state index in [2.05, 4.69) is 31.3 Å². The van der Waals surface area contributed by atoms with Gasteiger partial charge < -0.3 is 20.5 Å². The van der Waals surface area contributed by atoms with Gasteiger partial charge in [0.25, 0.3) is 0 Å². The smallest absolute Gasteiger partial charge is 0.340 e. The van der Waals surface area contributed by atoms with E-state index in [1.54, 1.807) is 0 Å². The summed E-state index contributed by atoms with van der Waals surface area (Å²) in [5, 5.41) is 14.4. The lowest BCUT2D eigenvalue weighted by Gasteiger charge is -2.19. The van der Waals surface area contributed by atoms with Gasteiger partial charge in [-0.15, -0.1) is 0 Å². The molecule has 2 rings (SSSR count). The average Bonchev–Trinajstić information content (AvgIpc) is 2.61. The predicted molar refractivity (Wildman–Crippen MR) is 100 cm³/mol. The van der Waals surface area contributed by atoms with E-state index in [-0.39, 0.29) is 41.0 Å². The third kappa shape index (κ3) is 4.81. The van der Waals surface area contributed by atoms with Gasteiger partial charge in [0.1, 0.15) is 5.82 Å². The van der Waals surface area contributed by atoms with Crippen molar-refractivity contribution in [3.63, 3.8) is 0 Å². The number of halogens is 3. The Hall–Kier alpha value is -2.52. The van der Waals surface area contributed by atoms with Crippen molar-refractivity contribution < 1.29 is 28.2 Å². The number of benzene rings is 2. The molecule has 0 saturated heterocycles. The van der Waals surface area contributed by atoms with Crippen molar-refractivity contribution in [1.29, 1.82) is 0 Å². The van der Waals surface area contributed by atoms with Gasteiger partial charge in [0.15, 0.2) is 5.82 Å². The second kappa shape index (κ2) is 8.92. The Labute approximate surface area is 162 Å². The summed E-state index contributed by atoms with van der Waals surface area (Å²) in [7, 11) is 1.12. The van der Waals surface area contributed by atoms with Crippen LogP contribution in [0, 0.1) is 11.6 Å². The Balaban J connectivity index is 2.67. The first-order chi connectivity index (χ1) is 12.8. The quantitative estimate of drug-likeness (QED) is 0.448. The molecule has 0 aliphatic rings. The minimum atomic E-state index is -0.983. The van der Waals surface area contributed by atoms with E-state index in [4.69, 9.17) is 0 Å². The summed E-state index contributed by atoms with van der Waals surface area (Å²) in [4.78, 5) is 23.0. The minimum Gasteiger partial charge on any atom is -0.465 e. The molecule has 2 aromatic rings. The molecule has 1 unspecified atom stereocenters. The van der Waals surface area contributed by atoms with E-state index < -0.39 is 23.7 Å². The molecule has 144 valence electrons. The van der Waals surface area contributed by atoms with Crippen LogP contribution in [-0.2, 0) is 16.0 Å². The molecular weight excluding hydrogens is 426 g/mol. The highest BCUT2D eigenvalue weighted by atomic mass is 79.9. The second-order valence-corrected chi connectivity index (χ2v) is 6.62. The van der Waals surface area contributed by atoms with Crippen LogP contribution >= 0.6 is 15.9 Å². The van der Waals surface area contributed by atoms with Crippen molar-refractivity contribution in [2.45, 2.75) is 19.4 Å². The molecule has 3 N–H and O–H groups in total. The van der Waals surface area contributed by atoms with Gasteiger partial charge in [0, 0.05) is 10.9 Å². The molecule has 9 heteroatoms. The van der Waals surface area contributed by atoms with Crippen LogP contribution in [-0.4, -0.2) is 30.7 Å².